The Balaban J connectivity index is 1.68. The van der Waals surface area contributed by atoms with Gasteiger partial charge in [-0.15, -0.1) is 0 Å². The van der Waals surface area contributed by atoms with Crippen molar-refractivity contribution in [1.29, 1.82) is 0 Å². The number of hydrogen-bond acceptors (Lipinski definition) is 6. The minimum atomic E-state index is -1.80. The van der Waals surface area contributed by atoms with E-state index in [2.05, 4.69) is 13.8 Å². The zero-order valence-electron chi connectivity index (χ0n) is 17.6. The molecule has 1 aromatic carbocycles. The SMILES string of the molecule is Cc1cc(O)cc(O)c1C(=O)OC1CC2(C)C3CC(C)(C)CC3C=C(C(=O)O)C12O. The third-order valence-electron chi connectivity index (χ3n) is 7.62. The number of phenols is 2. The molecule has 4 N–H and O–H groups in total. The monoisotopic (exact) mass is 416 g/mol. The Labute approximate surface area is 175 Å². The summed E-state index contributed by atoms with van der Waals surface area (Å²) in [6.07, 6.45) is 2.68. The fraction of sp³-hybridized carbons (Fsp3) is 0.565. The highest BCUT2D eigenvalue weighted by Gasteiger charge is 2.73. The summed E-state index contributed by atoms with van der Waals surface area (Å²) in [6.45, 7) is 7.72. The molecule has 7 nitrogen and oxygen atoms in total. The Bertz CT molecular complexity index is 955. The molecule has 0 aliphatic heterocycles. The van der Waals surface area contributed by atoms with Crippen LogP contribution in [0.5, 0.6) is 11.5 Å². The zero-order valence-corrected chi connectivity index (χ0v) is 17.6. The summed E-state index contributed by atoms with van der Waals surface area (Å²) in [5, 5.41) is 41.1. The maximum Gasteiger partial charge on any atom is 0.342 e. The van der Waals surface area contributed by atoms with Crippen molar-refractivity contribution < 1.29 is 34.8 Å². The Hall–Kier alpha value is -2.54. The number of carboxylic acids is 1. The number of carbonyl (C=O) groups excluding carboxylic acids is 1. The molecule has 5 atom stereocenters. The van der Waals surface area contributed by atoms with Gasteiger partial charge in [0.25, 0.3) is 0 Å². The standard InChI is InChI=1S/C23H28O7/c1-11-5-13(24)7-16(25)18(11)20(28)30-17-10-22(4)15-9-21(2,3)8-12(15)6-14(19(26)27)23(17,22)29/h5-7,12,15,17,24-25,29H,8-10H2,1-4H3,(H,26,27). The summed E-state index contributed by atoms with van der Waals surface area (Å²) in [6, 6.07) is 2.36. The minimum absolute atomic E-state index is 0.0421. The van der Waals surface area contributed by atoms with Crippen LogP contribution in [-0.2, 0) is 9.53 Å². The van der Waals surface area contributed by atoms with Gasteiger partial charge < -0.3 is 25.2 Å². The van der Waals surface area contributed by atoms with Crippen LogP contribution < -0.4 is 0 Å². The molecule has 7 heteroatoms. The molecule has 3 aliphatic carbocycles. The lowest BCUT2D eigenvalue weighted by Crippen LogP contribution is -2.73. The molecule has 0 saturated heterocycles. The Morgan fingerprint density at radius 2 is 1.77 bits per heavy atom. The first-order valence-corrected chi connectivity index (χ1v) is 10.2. The summed E-state index contributed by atoms with van der Waals surface area (Å²) in [5.41, 5.74) is -2.37. The van der Waals surface area contributed by atoms with Crippen molar-refractivity contribution in [2.45, 2.75) is 58.7 Å². The highest BCUT2D eigenvalue weighted by molar-refractivity contribution is 5.95. The molecule has 0 heterocycles. The van der Waals surface area contributed by atoms with E-state index in [4.69, 9.17) is 4.74 Å². The van der Waals surface area contributed by atoms with Crippen LogP contribution in [0.15, 0.2) is 23.8 Å². The van der Waals surface area contributed by atoms with Crippen LogP contribution in [0, 0.1) is 29.6 Å². The highest BCUT2D eigenvalue weighted by Crippen LogP contribution is 2.68. The number of aliphatic hydroxyl groups is 1. The summed E-state index contributed by atoms with van der Waals surface area (Å²) < 4.78 is 5.56. The minimum Gasteiger partial charge on any atom is -0.508 e. The van der Waals surface area contributed by atoms with Gasteiger partial charge in [-0.3, -0.25) is 0 Å². The third-order valence-corrected chi connectivity index (χ3v) is 7.62. The van der Waals surface area contributed by atoms with E-state index in [9.17, 15) is 30.0 Å². The second-order valence-corrected chi connectivity index (χ2v) is 10.2. The lowest BCUT2D eigenvalue weighted by Gasteiger charge is -2.64. The molecular weight excluding hydrogens is 388 g/mol. The number of aryl methyl sites for hydroxylation is 1. The normalized spacial score (nSPS) is 36.2. The van der Waals surface area contributed by atoms with Crippen molar-refractivity contribution in [2.75, 3.05) is 0 Å². The molecule has 5 unspecified atom stereocenters. The van der Waals surface area contributed by atoms with Crippen LogP contribution in [0.2, 0.25) is 0 Å². The Kier molecular flexibility index (Phi) is 4.30. The van der Waals surface area contributed by atoms with Gasteiger partial charge in [0.05, 0.1) is 5.57 Å². The molecule has 3 aliphatic rings. The summed E-state index contributed by atoms with van der Waals surface area (Å²) in [5.74, 6) is -2.52. The maximum atomic E-state index is 12.8. The van der Waals surface area contributed by atoms with Crippen LogP contribution in [0.25, 0.3) is 0 Å². The average molecular weight is 416 g/mol. The van der Waals surface area contributed by atoms with Gasteiger partial charge in [-0.05, 0) is 55.1 Å². The van der Waals surface area contributed by atoms with Gasteiger partial charge in [-0.1, -0.05) is 26.8 Å². The number of phenolic OH excluding ortho intramolecular Hbond substituents is 2. The number of aromatic hydroxyl groups is 2. The number of aliphatic carboxylic acids is 1. The zero-order chi connectivity index (χ0) is 22.2. The van der Waals surface area contributed by atoms with Crippen LogP contribution in [0.4, 0.5) is 0 Å². The first-order chi connectivity index (χ1) is 13.8. The van der Waals surface area contributed by atoms with Gasteiger partial charge in [0.15, 0.2) is 0 Å². The number of benzene rings is 1. The van der Waals surface area contributed by atoms with E-state index in [0.717, 1.165) is 18.9 Å². The van der Waals surface area contributed by atoms with Crippen molar-refractivity contribution in [3.8, 4) is 11.5 Å². The van der Waals surface area contributed by atoms with Gasteiger partial charge in [0.1, 0.15) is 28.8 Å². The van der Waals surface area contributed by atoms with E-state index in [1.165, 1.54) is 6.07 Å². The van der Waals surface area contributed by atoms with Crippen molar-refractivity contribution in [1.82, 2.24) is 0 Å². The number of esters is 1. The number of hydrogen-bond donors (Lipinski definition) is 4. The lowest BCUT2D eigenvalue weighted by molar-refractivity contribution is -0.249. The predicted octanol–water partition coefficient (Wildman–Crippen LogP) is 3.15. The van der Waals surface area contributed by atoms with Crippen LogP contribution >= 0.6 is 0 Å². The summed E-state index contributed by atoms with van der Waals surface area (Å²) >= 11 is 0. The maximum absolute atomic E-state index is 12.8. The molecular formula is C23H28O7. The topological polar surface area (TPSA) is 124 Å². The molecule has 0 radical (unpaired) electrons. The summed E-state index contributed by atoms with van der Waals surface area (Å²) in [4.78, 5) is 24.8. The molecule has 0 amide bonds. The fourth-order valence-electron chi connectivity index (χ4n) is 6.23. The number of ether oxygens (including phenoxy) is 1. The summed E-state index contributed by atoms with van der Waals surface area (Å²) in [7, 11) is 0. The van der Waals surface area contributed by atoms with E-state index >= 15 is 0 Å². The van der Waals surface area contributed by atoms with Gasteiger partial charge in [-0.25, -0.2) is 9.59 Å². The molecule has 30 heavy (non-hydrogen) atoms. The Morgan fingerprint density at radius 1 is 1.10 bits per heavy atom. The number of carboxylic acid groups (broad SMARTS) is 1. The largest absolute Gasteiger partial charge is 0.508 e. The average Bonchev–Trinajstić information content (AvgIpc) is 2.91. The number of carbonyl (C=O) groups is 2. The number of fused-ring (bicyclic) bond motifs is 3. The van der Waals surface area contributed by atoms with Gasteiger partial charge in [0.2, 0.25) is 0 Å². The molecule has 4 rings (SSSR count). The van der Waals surface area contributed by atoms with E-state index in [0.29, 0.717) is 12.0 Å². The van der Waals surface area contributed by atoms with Gasteiger partial charge in [-0.2, -0.15) is 0 Å². The van der Waals surface area contributed by atoms with E-state index in [1.807, 2.05) is 6.92 Å². The molecule has 2 saturated carbocycles. The molecule has 0 bridgehead atoms. The first kappa shape index (κ1) is 20.7. The quantitative estimate of drug-likeness (QED) is 0.558. The second-order valence-electron chi connectivity index (χ2n) is 10.2. The van der Waals surface area contributed by atoms with Crippen molar-refractivity contribution in [3.05, 3.63) is 34.9 Å². The highest BCUT2D eigenvalue weighted by atomic mass is 16.6. The smallest absolute Gasteiger partial charge is 0.342 e. The van der Waals surface area contributed by atoms with E-state index < -0.39 is 34.8 Å². The molecule has 0 aromatic heterocycles. The Morgan fingerprint density at radius 3 is 2.37 bits per heavy atom. The number of allylic oxidation sites excluding steroid dienone is 1. The van der Waals surface area contributed by atoms with Crippen LogP contribution in [0.3, 0.4) is 0 Å². The van der Waals surface area contributed by atoms with Crippen LogP contribution in [-0.4, -0.2) is 44.1 Å². The first-order valence-electron chi connectivity index (χ1n) is 10.2. The van der Waals surface area contributed by atoms with E-state index in [1.54, 1.807) is 13.0 Å². The van der Waals surface area contributed by atoms with Gasteiger partial charge in [0, 0.05) is 11.5 Å². The number of rotatable bonds is 3. The van der Waals surface area contributed by atoms with E-state index in [-0.39, 0.29) is 34.1 Å². The van der Waals surface area contributed by atoms with Crippen LogP contribution in [0.1, 0.15) is 56.0 Å². The van der Waals surface area contributed by atoms with Crippen molar-refractivity contribution >= 4 is 11.9 Å². The van der Waals surface area contributed by atoms with Gasteiger partial charge >= 0.3 is 11.9 Å². The predicted molar refractivity (Wildman–Crippen MR) is 107 cm³/mol. The van der Waals surface area contributed by atoms with Crippen molar-refractivity contribution in [3.63, 3.8) is 0 Å². The molecule has 0 spiro atoms. The molecule has 1 aromatic rings. The fourth-order valence-corrected chi connectivity index (χ4v) is 6.23. The lowest BCUT2D eigenvalue weighted by atomic mass is 9.44. The molecule has 2 fully saturated rings. The molecule has 162 valence electrons. The second kappa shape index (κ2) is 6.23. The van der Waals surface area contributed by atoms with Crippen molar-refractivity contribution in [2.24, 2.45) is 22.7 Å². The third kappa shape index (κ3) is 2.68.